The quantitative estimate of drug-likeness (QED) is 0.548. The highest BCUT2D eigenvalue weighted by Gasteiger charge is 2.40. The summed E-state index contributed by atoms with van der Waals surface area (Å²) in [4.78, 5) is 15.3. The molecule has 17 heavy (non-hydrogen) atoms. The summed E-state index contributed by atoms with van der Waals surface area (Å²) in [7, 11) is 0. The number of esters is 1. The predicted molar refractivity (Wildman–Crippen MR) is 63.6 cm³/mol. The Morgan fingerprint density at radius 1 is 1.47 bits per heavy atom. The van der Waals surface area contributed by atoms with Gasteiger partial charge in [0.05, 0.1) is 0 Å². The molecule has 3 aliphatic carbocycles. The van der Waals surface area contributed by atoms with E-state index in [0.29, 0.717) is 5.92 Å². The van der Waals surface area contributed by atoms with Crippen LogP contribution in [0.1, 0.15) is 43.2 Å². The van der Waals surface area contributed by atoms with Gasteiger partial charge in [-0.3, -0.25) is 9.78 Å². The lowest BCUT2D eigenvalue weighted by Gasteiger charge is -2.41. The second-order valence-corrected chi connectivity index (χ2v) is 4.88. The summed E-state index contributed by atoms with van der Waals surface area (Å²) in [6.07, 6.45) is 6.87. The fourth-order valence-corrected chi connectivity index (χ4v) is 3.08. The van der Waals surface area contributed by atoms with Crippen LogP contribution in [0.5, 0.6) is 0 Å². The molecule has 1 aromatic rings. The zero-order valence-electron chi connectivity index (χ0n) is 10.0. The van der Waals surface area contributed by atoms with Crippen LogP contribution in [-0.4, -0.2) is 17.1 Å². The topological polar surface area (TPSA) is 39.2 Å². The van der Waals surface area contributed by atoms with Gasteiger partial charge in [-0.15, -0.1) is 0 Å². The van der Waals surface area contributed by atoms with Gasteiger partial charge in [-0.05, 0) is 30.5 Å². The smallest absolute Gasteiger partial charge is 0.302 e. The zero-order chi connectivity index (χ0) is 12.0. The van der Waals surface area contributed by atoms with Crippen molar-refractivity contribution < 1.29 is 9.53 Å². The van der Waals surface area contributed by atoms with Crippen LogP contribution in [0.15, 0.2) is 30.1 Å². The minimum Gasteiger partial charge on any atom is -0.462 e. The molecule has 0 saturated carbocycles. The number of hydrogen-bond acceptors (Lipinski definition) is 3. The molecule has 0 spiro atoms. The summed E-state index contributed by atoms with van der Waals surface area (Å²) in [5, 5.41) is 0. The Bertz CT molecular complexity index is 507. The lowest BCUT2D eigenvalue weighted by Crippen LogP contribution is -2.35. The first-order chi connectivity index (χ1) is 8.16. The summed E-state index contributed by atoms with van der Waals surface area (Å²) in [6, 6.07) is 2.09. The molecule has 0 amide bonds. The van der Waals surface area contributed by atoms with E-state index >= 15 is 0 Å². The van der Waals surface area contributed by atoms with Crippen molar-refractivity contribution in [3.05, 3.63) is 41.2 Å². The summed E-state index contributed by atoms with van der Waals surface area (Å²) < 4.78 is 5.42. The number of allylic oxidation sites excluding steroid dienone is 1. The van der Waals surface area contributed by atoms with Crippen LogP contribution in [-0.2, 0) is 9.53 Å². The van der Waals surface area contributed by atoms with Crippen molar-refractivity contribution in [3.63, 3.8) is 0 Å². The van der Waals surface area contributed by atoms with Crippen molar-refractivity contribution in [1.29, 1.82) is 0 Å². The minimum atomic E-state index is -0.195. The maximum Gasteiger partial charge on any atom is 0.302 e. The van der Waals surface area contributed by atoms with Crippen LogP contribution in [0.2, 0.25) is 0 Å². The van der Waals surface area contributed by atoms with Gasteiger partial charge in [-0.25, -0.2) is 0 Å². The standard InChI is InChI=1S/C14H15NO2/c1-8-5-12-13-7-15-4-3-10(13)11(8)6-14(12)17-9(2)16/h3-5,7,11-12,14H,6H2,1-2H3. The third kappa shape index (κ3) is 1.57. The third-order valence-electron chi connectivity index (χ3n) is 3.80. The van der Waals surface area contributed by atoms with E-state index in [0.717, 1.165) is 6.42 Å². The van der Waals surface area contributed by atoms with Crippen LogP contribution in [0.25, 0.3) is 0 Å². The second-order valence-electron chi connectivity index (χ2n) is 4.88. The van der Waals surface area contributed by atoms with Crippen molar-refractivity contribution in [2.24, 2.45) is 0 Å². The molecule has 1 aromatic heterocycles. The number of hydrogen-bond donors (Lipinski definition) is 0. The molecule has 2 bridgehead atoms. The number of fused-ring (bicyclic) bond motifs is 1. The van der Waals surface area contributed by atoms with Crippen LogP contribution >= 0.6 is 0 Å². The van der Waals surface area contributed by atoms with E-state index < -0.39 is 0 Å². The van der Waals surface area contributed by atoms with E-state index in [4.69, 9.17) is 4.74 Å². The number of carbonyl (C=O) groups is 1. The molecule has 0 aliphatic heterocycles. The molecular weight excluding hydrogens is 214 g/mol. The zero-order valence-corrected chi connectivity index (χ0v) is 10.0. The maximum absolute atomic E-state index is 11.1. The first kappa shape index (κ1) is 10.5. The van der Waals surface area contributed by atoms with E-state index in [1.165, 1.54) is 23.6 Å². The van der Waals surface area contributed by atoms with Crippen molar-refractivity contribution >= 4 is 5.97 Å². The number of aromatic nitrogens is 1. The van der Waals surface area contributed by atoms with Gasteiger partial charge in [0.2, 0.25) is 0 Å². The Labute approximate surface area is 101 Å². The molecule has 3 heteroatoms. The molecule has 3 atom stereocenters. The minimum absolute atomic E-state index is 0.0158. The summed E-state index contributed by atoms with van der Waals surface area (Å²) in [6.45, 7) is 3.63. The van der Waals surface area contributed by atoms with E-state index in [9.17, 15) is 4.79 Å². The molecule has 0 radical (unpaired) electrons. The van der Waals surface area contributed by atoms with Crippen molar-refractivity contribution in [3.8, 4) is 0 Å². The third-order valence-corrected chi connectivity index (χ3v) is 3.80. The van der Waals surface area contributed by atoms with Gasteiger partial charge >= 0.3 is 5.97 Å². The number of carbonyl (C=O) groups excluding carboxylic acids is 1. The van der Waals surface area contributed by atoms with Gasteiger partial charge in [-0.1, -0.05) is 11.6 Å². The fraction of sp³-hybridized carbons (Fsp3) is 0.429. The van der Waals surface area contributed by atoms with Crippen molar-refractivity contribution in [2.75, 3.05) is 0 Å². The summed E-state index contributed by atoms with van der Waals surface area (Å²) >= 11 is 0. The van der Waals surface area contributed by atoms with Crippen LogP contribution < -0.4 is 0 Å². The molecule has 3 nitrogen and oxygen atoms in total. The molecule has 3 unspecified atom stereocenters. The second kappa shape index (κ2) is 3.69. The Hall–Kier alpha value is -1.64. The molecule has 0 fully saturated rings. The SMILES string of the molecule is CC(=O)OC1CC2C(C)=CC1c1cnccc12. The fourth-order valence-electron chi connectivity index (χ4n) is 3.08. The van der Waals surface area contributed by atoms with Crippen LogP contribution in [0, 0.1) is 0 Å². The predicted octanol–water partition coefficient (Wildman–Crippen LogP) is 2.54. The molecule has 0 N–H and O–H groups in total. The molecule has 0 saturated heterocycles. The largest absolute Gasteiger partial charge is 0.462 e. The van der Waals surface area contributed by atoms with Gasteiger partial charge in [0, 0.05) is 31.2 Å². The molecular formula is C14H15NO2. The molecule has 4 rings (SSSR count). The van der Waals surface area contributed by atoms with Gasteiger partial charge < -0.3 is 4.74 Å². The van der Waals surface area contributed by atoms with E-state index in [1.54, 1.807) is 0 Å². The summed E-state index contributed by atoms with van der Waals surface area (Å²) in [5.74, 6) is 0.383. The Morgan fingerprint density at radius 2 is 2.29 bits per heavy atom. The number of pyridine rings is 1. The summed E-state index contributed by atoms with van der Waals surface area (Å²) in [5.41, 5.74) is 3.96. The normalized spacial score (nSPS) is 29.5. The molecule has 88 valence electrons. The van der Waals surface area contributed by atoms with Gasteiger partial charge in [-0.2, -0.15) is 0 Å². The Balaban J connectivity index is 2.03. The van der Waals surface area contributed by atoms with Crippen LogP contribution in [0.4, 0.5) is 0 Å². The number of nitrogens with zero attached hydrogens (tertiary/aromatic N) is 1. The molecule has 3 aliphatic rings. The lowest BCUT2D eigenvalue weighted by atomic mass is 9.67. The molecule has 0 aromatic carbocycles. The average Bonchev–Trinajstić information content (AvgIpc) is 2.30. The number of rotatable bonds is 1. The monoisotopic (exact) mass is 229 g/mol. The van der Waals surface area contributed by atoms with Gasteiger partial charge in [0.25, 0.3) is 0 Å². The van der Waals surface area contributed by atoms with Crippen molar-refractivity contribution in [1.82, 2.24) is 4.98 Å². The van der Waals surface area contributed by atoms with Crippen LogP contribution in [0.3, 0.4) is 0 Å². The lowest BCUT2D eigenvalue weighted by molar-refractivity contribution is -0.148. The van der Waals surface area contributed by atoms with E-state index in [1.807, 2.05) is 12.4 Å². The highest BCUT2D eigenvalue weighted by atomic mass is 16.5. The van der Waals surface area contributed by atoms with Gasteiger partial charge in [0.1, 0.15) is 6.10 Å². The Morgan fingerprint density at radius 3 is 3.06 bits per heavy atom. The first-order valence-corrected chi connectivity index (χ1v) is 5.96. The van der Waals surface area contributed by atoms with Crippen molar-refractivity contribution in [2.45, 2.75) is 38.2 Å². The van der Waals surface area contributed by atoms with E-state index in [-0.39, 0.29) is 18.0 Å². The van der Waals surface area contributed by atoms with Gasteiger partial charge in [0.15, 0.2) is 0 Å². The Kier molecular flexibility index (Phi) is 2.28. The number of ether oxygens (including phenoxy) is 1. The van der Waals surface area contributed by atoms with E-state index in [2.05, 4.69) is 24.1 Å². The highest BCUT2D eigenvalue weighted by Crippen LogP contribution is 2.49. The maximum atomic E-state index is 11.1. The molecule has 1 heterocycles. The first-order valence-electron chi connectivity index (χ1n) is 5.96. The average molecular weight is 229 g/mol. The highest BCUT2D eigenvalue weighted by molar-refractivity contribution is 5.66.